The van der Waals surface area contributed by atoms with Crippen molar-refractivity contribution in [2.45, 2.75) is 12.2 Å². The summed E-state index contributed by atoms with van der Waals surface area (Å²) < 4.78 is 37.9. The standard InChI is InChI=1S/C12H10ClF3N2O2S/c13-7-2-1-6(12(14,15)16)3-8(7)18-11(20)9-4-21-5-10(19)17-9/h1-3,9H,4-5H2,(H,17,19)(H,18,20). The van der Waals surface area contributed by atoms with Gasteiger partial charge in [-0.1, -0.05) is 11.6 Å². The van der Waals surface area contributed by atoms with Gasteiger partial charge in [0.1, 0.15) is 6.04 Å². The highest BCUT2D eigenvalue weighted by Gasteiger charge is 2.31. The fraction of sp³-hybridized carbons (Fsp3) is 0.333. The van der Waals surface area contributed by atoms with E-state index in [0.29, 0.717) is 5.75 Å². The van der Waals surface area contributed by atoms with Crippen molar-refractivity contribution in [1.82, 2.24) is 5.32 Å². The molecule has 2 N–H and O–H groups in total. The first kappa shape index (κ1) is 16.0. The lowest BCUT2D eigenvalue weighted by atomic mass is 10.2. The summed E-state index contributed by atoms with van der Waals surface area (Å²) in [6, 6.07) is 1.87. The highest BCUT2D eigenvalue weighted by atomic mass is 35.5. The van der Waals surface area contributed by atoms with Gasteiger partial charge in [-0.3, -0.25) is 9.59 Å². The van der Waals surface area contributed by atoms with Gasteiger partial charge in [0.05, 0.1) is 22.0 Å². The van der Waals surface area contributed by atoms with E-state index < -0.39 is 23.7 Å². The number of hydrogen-bond donors (Lipinski definition) is 2. The van der Waals surface area contributed by atoms with Crippen LogP contribution in [0.4, 0.5) is 18.9 Å². The molecule has 1 unspecified atom stereocenters. The SMILES string of the molecule is O=C1CSCC(C(=O)Nc2cc(C(F)(F)F)ccc2Cl)N1. The van der Waals surface area contributed by atoms with E-state index in [9.17, 15) is 22.8 Å². The smallest absolute Gasteiger partial charge is 0.343 e. The molecule has 0 aliphatic carbocycles. The van der Waals surface area contributed by atoms with Crippen molar-refractivity contribution < 1.29 is 22.8 Å². The molecule has 1 heterocycles. The van der Waals surface area contributed by atoms with E-state index in [0.717, 1.165) is 18.2 Å². The van der Waals surface area contributed by atoms with E-state index in [1.54, 1.807) is 0 Å². The average Bonchev–Trinajstić information content (AvgIpc) is 2.40. The van der Waals surface area contributed by atoms with Crippen molar-refractivity contribution in [3.8, 4) is 0 Å². The second-order valence-corrected chi connectivity index (χ2v) is 5.75. The third-order valence-corrected chi connectivity index (χ3v) is 4.09. The maximum absolute atomic E-state index is 12.6. The molecule has 1 aromatic rings. The Morgan fingerprint density at radius 3 is 2.76 bits per heavy atom. The van der Waals surface area contributed by atoms with Gasteiger partial charge in [-0.05, 0) is 18.2 Å². The fourth-order valence-corrected chi connectivity index (χ4v) is 2.73. The first-order valence-electron chi connectivity index (χ1n) is 5.82. The summed E-state index contributed by atoms with van der Waals surface area (Å²) in [5.41, 5.74) is -1.05. The minimum atomic E-state index is -4.53. The summed E-state index contributed by atoms with van der Waals surface area (Å²) in [6.45, 7) is 0. The molecular formula is C12H10ClF3N2O2S. The lowest BCUT2D eigenvalue weighted by Gasteiger charge is -2.22. The topological polar surface area (TPSA) is 58.2 Å². The molecular weight excluding hydrogens is 329 g/mol. The molecule has 4 nitrogen and oxygen atoms in total. The van der Waals surface area contributed by atoms with Crippen LogP contribution in [-0.2, 0) is 15.8 Å². The number of hydrogen-bond acceptors (Lipinski definition) is 3. The van der Waals surface area contributed by atoms with E-state index in [-0.39, 0.29) is 22.4 Å². The largest absolute Gasteiger partial charge is 0.416 e. The molecule has 0 bridgehead atoms. The minimum absolute atomic E-state index is 0.00820. The number of alkyl halides is 3. The Hall–Kier alpha value is -1.41. The van der Waals surface area contributed by atoms with Gasteiger partial charge in [-0.2, -0.15) is 13.2 Å². The molecule has 2 amide bonds. The zero-order valence-corrected chi connectivity index (χ0v) is 12.0. The van der Waals surface area contributed by atoms with Gasteiger partial charge < -0.3 is 10.6 Å². The van der Waals surface area contributed by atoms with Crippen LogP contribution in [0.15, 0.2) is 18.2 Å². The number of amides is 2. The molecule has 2 rings (SSSR count). The molecule has 114 valence electrons. The van der Waals surface area contributed by atoms with E-state index in [2.05, 4.69) is 10.6 Å². The highest BCUT2D eigenvalue weighted by Crippen LogP contribution is 2.33. The maximum atomic E-state index is 12.6. The van der Waals surface area contributed by atoms with Crippen LogP contribution in [0.3, 0.4) is 0 Å². The lowest BCUT2D eigenvalue weighted by Crippen LogP contribution is -2.49. The quantitative estimate of drug-likeness (QED) is 0.871. The minimum Gasteiger partial charge on any atom is -0.343 e. The van der Waals surface area contributed by atoms with Crippen molar-refractivity contribution in [2.24, 2.45) is 0 Å². The van der Waals surface area contributed by atoms with Gasteiger partial charge >= 0.3 is 6.18 Å². The molecule has 9 heteroatoms. The van der Waals surface area contributed by atoms with Crippen LogP contribution in [0.25, 0.3) is 0 Å². The van der Waals surface area contributed by atoms with Crippen LogP contribution >= 0.6 is 23.4 Å². The Labute approximate surface area is 127 Å². The first-order valence-corrected chi connectivity index (χ1v) is 7.35. The molecule has 1 atom stereocenters. The number of benzene rings is 1. The first-order chi connectivity index (χ1) is 9.77. The Morgan fingerprint density at radius 2 is 2.14 bits per heavy atom. The van der Waals surface area contributed by atoms with Crippen molar-refractivity contribution in [3.05, 3.63) is 28.8 Å². The molecule has 0 saturated carbocycles. The second kappa shape index (κ2) is 6.15. The monoisotopic (exact) mass is 338 g/mol. The van der Waals surface area contributed by atoms with E-state index in [4.69, 9.17) is 11.6 Å². The molecule has 0 aromatic heterocycles. The summed E-state index contributed by atoms with van der Waals surface area (Å²) in [4.78, 5) is 23.1. The number of thioether (sulfide) groups is 1. The number of rotatable bonds is 2. The predicted octanol–water partition coefficient (Wildman–Crippen LogP) is 2.53. The summed E-state index contributed by atoms with van der Waals surface area (Å²) in [7, 11) is 0. The number of anilines is 1. The summed E-state index contributed by atoms with van der Waals surface area (Å²) in [5.74, 6) is -0.277. The molecule has 1 aromatic carbocycles. The van der Waals surface area contributed by atoms with Crippen LogP contribution in [-0.4, -0.2) is 29.4 Å². The number of halogens is 4. The lowest BCUT2D eigenvalue weighted by molar-refractivity contribution is -0.137. The van der Waals surface area contributed by atoms with Crippen LogP contribution < -0.4 is 10.6 Å². The summed E-state index contributed by atoms with van der Waals surface area (Å²) in [6.07, 6.45) is -4.53. The van der Waals surface area contributed by atoms with Gasteiger partial charge in [0.2, 0.25) is 11.8 Å². The Balaban J connectivity index is 2.15. The average molecular weight is 339 g/mol. The fourth-order valence-electron chi connectivity index (χ4n) is 1.71. The maximum Gasteiger partial charge on any atom is 0.416 e. The zero-order chi connectivity index (χ0) is 15.6. The van der Waals surface area contributed by atoms with Gasteiger partial charge in [0, 0.05) is 5.75 Å². The Morgan fingerprint density at radius 1 is 1.43 bits per heavy atom. The van der Waals surface area contributed by atoms with E-state index >= 15 is 0 Å². The van der Waals surface area contributed by atoms with Gasteiger partial charge in [-0.25, -0.2) is 0 Å². The van der Waals surface area contributed by atoms with Crippen LogP contribution in [0, 0.1) is 0 Å². The Kier molecular flexibility index (Phi) is 4.67. The van der Waals surface area contributed by atoms with E-state index in [1.165, 1.54) is 11.8 Å². The van der Waals surface area contributed by atoms with Crippen molar-refractivity contribution >= 4 is 40.9 Å². The molecule has 21 heavy (non-hydrogen) atoms. The zero-order valence-electron chi connectivity index (χ0n) is 10.5. The van der Waals surface area contributed by atoms with Gasteiger partial charge in [-0.15, -0.1) is 11.8 Å². The van der Waals surface area contributed by atoms with Crippen LogP contribution in [0.5, 0.6) is 0 Å². The molecule has 0 spiro atoms. The number of carbonyl (C=O) groups is 2. The van der Waals surface area contributed by atoms with Crippen molar-refractivity contribution in [1.29, 1.82) is 0 Å². The van der Waals surface area contributed by atoms with E-state index in [1.807, 2.05) is 0 Å². The van der Waals surface area contributed by atoms with Crippen LogP contribution in [0.2, 0.25) is 5.02 Å². The third kappa shape index (κ3) is 4.04. The highest BCUT2D eigenvalue weighted by molar-refractivity contribution is 8.00. The molecule has 1 aliphatic rings. The van der Waals surface area contributed by atoms with Crippen molar-refractivity contribution in [2.75, 3.05) is 16.8 Å². The predicted molar refractivity (Wildman–Crippen MR) is 74.3 cm³/mol. The number of nitrogens with one attached hydrogen (secondary N) is 2. The molecule has 1 aliphatic heterocycles. The van der Waals surface area contributed by atoms with Gasteiger partial charge in [0.15, 0.2) is 0 Å². The summed E-state index contributed by atoms with van der Waals surface area (Å²) in [5, 5.41) is 4.77. The summed E-state index contributed by atoms with van der Waals surface area (Å²) >= 11 is 7.06. The third-order valence-electron chi connectivity index (χ3n) is 2.72. The molecule has 0 radical (unpaired) electrons. The Bertz CT molecular complexity index is 580. The number of carbonyl (C=O) groups excluding carboxylic acids is 2. The molecule has 1 saturated heterocycles. The van der Waals surface area contributed by atoms with Crippen molar-refractivity contribution in [3.63, 3.8) is 0 Å². The molecule has 1 fully saturated rings. The van der Waals surface area contributed by atoms with Gasteiger partial charge in [0.25, 0.3) is 0 Å². The normalized spacial score (nSPS) is 19.0. The van der Waals surface area contributed by atoms with Crippen LogP contribution in [0.1, 0.15) is 5.56 Å². The second-order valence-electron chi connectivity index (χ2n) is 4.32.